The third kappa shape index (κ3) is 4.70. The fourth-order valence-electron chi connectivity index (χ4n) is 4.07. The highest BCUT2D eigenvalue weighted by atomic mass is 35.5. The van der Waals surface area contributed by atoms with Crippen molar-refractivity contribution in [3.8, 4) is 0 Å². The van der Waals surface area contributed by atoms with Gasteiger partial charge in [-0.1, -0.05) is 25.0 Å². The second-order valence-corrected chi connectivity index (χ2v) is 7.17. The summed E-state index contributed by atoms with van der Waals surface area (Å²) in [6.45, 7) is 2.81. The van der Waals surface area contributed by atoms with Crippen molar-refractivity contribution < 1.29 is 9.18 Å². The zero-order valence-corrected chi connectivity index (χ0v) is 15.0. The predicted molar refractivity (Wildman–Crippen MR) is 97.0 cm³/mol. The lowest BCUT2D eigenvalue weighted by Gasteiger charge is -2.30. The fraction of sp³-hybridized carbons (Fsp3) is 0.632. The molecule has 2 aliphatic rings. The van der Waals surface area contributed by atoms with Crippen LogP contribution in [0.1, 0.15) is 50.5 Å². The topological polar surface area (TPSA) is 41.1 Å². The number of benzene rings is 1. The van der Waals surface area contributed by atoms with E-state index < -0.39 is 0 Å². The number of nitrogens with one attached hydrogen (secondary N) is 2. The molecule has 1 saturated heterocycles. The summed E-state index contributed by atoms with van der Waals surface area (Å²) in [5.74, 6) is 0.611. The van der Waals surface area contributed by atoms with Crippen LogP contribution in [0.5, 0.6) is 0 Å². The Morgan fingerprint density at radius 1 is 1.25 bits per heavy atom. The largest absolute Gasteiger partial charge is 0.355 e. The smallest absolute Gasteiger partial charge is 0.220 e. The third-order valence-electron chi connectivity index (χ3n) is 5.58. The normalized spacial score (nSPS) is 22.1. The van der Waals surface area contributed by atoms with Gasteiger partial charge in [0.05, 0.1) is 0 Å². The summed E-state index contributed by atoms with van der Waals surface area (Å²) in [7, 11) is 0. The SMILES string of the molecule is Cl.O=C(CCC1CCNC1)NCC1(c2ccc(F)cc2)CCCC1. The van der Waals surface area contributed by atoms with Crippen LogP contribution in [0.2, 0.25) is 0 Å². The van der Waals surface area contributed by atoms with Gasteiger partial charge in [-0.05, 0) is 62.4 Å². The van der Waals surface area contributed by atoms with Crippen molar-refractivity contribution in [1.82, 2.24) is 10.6 Å². The molecule has 1 aliphatic carbocycles. The summed E-state index contributed by atoms with van der Waals surface area (Å²) >= 11 is 0. The Hall–Kier alpha value is -1.13. The summed E-state index contributed by atoms with van der Waals surface area (Å²) < 4.78 is 13.2. The number of hydrogen-bond donors (Lipinski definition) is 2. The fourth-order valence-corrected chi connectivity index (χ4v) is 4.07. The molecule has 24 heavy (non-hydrogen) atoms. The molecular weight excluding hydrogens is 327 g/mol. The van der Waals surface area contributed by atoms with E-state index in [2.05, 4.69) is 10.6 Å². The summed E-state index contributed by atoms with van der Waals surface area (Å²) in [4.78, 5) is 12.2. The van der Waals surface area contributed by atoms with Crippen LogP contribution in [0.4, 0.5) is 4.39 Å². The molecule has 0 spiro atoms. The number of carbonyl (C=O) groups excluding carboxylic acids is 1. The first-order chi connectivity index (χ1) is 11.2. The molecule has 1 unspecified atom stereocenters. The second-order valence-electron chi connectivity index (χ2n) is 7.17. The van der Waals surface area contributed by atoms with Gasteiger partial charge in [0, 0.05) is 18.4 Å². The molecular formula is C19H28ClFN2O. The van der Waals surface area contributed by atoms with E-state index in [-0.39, 0.29) is 29.5 Å². The number of carbonyl (C=O) groups is 1. The second kappa shape index (κ2) is 8.82. The monoisotopic (exact) mass is 354 g/mol. The van der Waals surface area contributed by atoms with E-state index in [9.17, 15) is 9.18 Å². The first kappa shape index (κ1) is 19.2. The Labute approximate surface area is 150 Å². The van der Waals surface area contributed by atoms with E-state index in [1.807, 2.05) is 12.1 Å². The van der Waals surface area contributed by atoms with Gasteiger partial charge in [0.2, 0.25) is 5.91 Å². The van der Waals surface area contributed by atoms with E-state index in [1.165, 1.54) is 31.4 Å². The lowest BCUT2D eigenvalue weighted by atomic mass is 9.78. The molecule has 5 heteroatoms. The number of rotatable bonds is 6. The van der Waals surface area contributed by atoms with Gasteiger partial charge in [0.25, 0.3) is 0 Å². The Morgan fingerprint density at radius 2 is 1.96 bits per heavy atom. The van der Waals surface area contributed by atoms with E-state index in [0.717, 1.165) is 37.9 Å². The molecule has 1 aromatic carbocycles. The Bertz CT molecular complexity index is 523. The molecule has 0 radical (unpaired) electrons. The molecule has 1 amide bonds. The summed E-state index contributed by atoms with van der Waals surface area (Å²) in [6, 6.07) is 6.84. The van der Waals surface area contributed by atoms with E-state index in [0.29, 0.717) is 18.9 Å². The molecule has 2 N–H and O–H groups in total. The standard InChI is InChI=1S/C19H27FN2O.ClH/c20-17-6-4-16(5-7-17)19(10-1-2-11-19)14-22-18(23)8-3-15-9-12-21-13-15;/h4-7,15,21H,1-3,8-14H2,(H,22,23);1H. The summed E-state index contributed by atoms with van der Waals surface area (Å²) in [6.07, 6.45) is 7.29. The lowest BCUT2D eigenvalue weighted by Crippen LogP contribution is -2.39. The van der Waals surface area contributed by atoms with Crippen molar-refractivity contribution in [2.75, 3.05) is 19.6 Å². The first-order valence-electron chi connectivity index (χ1n) is 8.91. The molecule has 0 aromatic heterocycles. The zero-order chi connectivity index (χ0) is 16.1. The molecule has 2 fully saturated rings. The van der Waals surface area contributed by atoms with Crippen LogP contribution in [-0.2, 0) is 10.2 Å². The highest BCUT2D eigenvalue weighted by Crippen LogP contribution is 2.40. The van der Waals surface area contributed by atoms with Crippen molar-refractivity contribution in [2.24, 2.45) is 5.92 Å². The van der Waals surface area contributed by atoms with Crippen molar-refractivity contribution >= 4 is 18.3 Å². The molecule has 3 rings (SSSR count). The quantitative estimate of drug-likeness (QED) is 0.820. The van der Waals surface area contributed by atoms with Gasteiger partial charge in [-0.15, -0.1) is 12.4 Å². The average Bonchev–Trinajstić information content (AvgIpc) is 3.24. The van der Waals surface area contributed by atoms with Gasteiger partial charge in [0.1, 0.15) is 5.82 Å². The summed E-state index contributed by atoms with van der Waals surface area (Å²) in [5, 5.41) is 6.49. The molecule has 1 atom stereocenters. The van der Waals surface area contributed by atoms with Gasteiger partial charge >= 0.3 is 0 Å². The Morgan fingerprint density at radius 3 is 2.58 bits per heavy atom. The number of amides is 1. The highest BCUT2D eigenvalue weighted by Gasteiger charge is 2.35. The van der Waals surface area contributed by atoms with E-state index in [1.54, 1.807) is 0 Å². The molecule has 134 valence electrons. The average molecular weight is 355 g/mol. The predicted octanol–water partition coefficient (Wildman–Crippen LogP) is 3.57. The van der Waals surface area contributed by atoms with Crippen molar-refractivity contribution in [2.45, 2.75) is 50.4 Å². The van der Waals surface area contributed by atoms with Crippen LogP contribution in [0.25, 0.3) is 0 Å². The molecule has 1 aliphatic heterocycles. The maximum atomic E-state index is 13.2. The third-order valence-corrected chi connectivity index (χ3v) is 5.58. The van der Waals surface area contributed by atoms with Crippen LogP contribution >= 0.6 is 12.4 Å². The summed E-state index contributed by atoms with van der Waals surface area (Å²) in [5.41, 5.74) is 1.16. The van der Waals surface area contributed by atoms with E-state index in [4.69, 9.17) is 0 Å². The van der Waals surface area contributed by atoms with Gasteiger partial charge < -0.3 is 10.6 Å². The maximum Gasteiger partial charge on any atom is 0.220 e. The van der Waals surface area contributed by atoms with Crippen LogP contribution in [0.3, 0.4) is 0 Å². The minimum absolute atomic E-state index is 0. The van der Waals surface area contributed by atoms with Gasteiger partial charge in [-0.2, -0.15) is 0 Å². The van der Waals surface area contributed by atoms with Gasteiger partial charge in [0.15, 0.2) is 0 Å². The van der Waals surface area contributed by atoms with Crippen LogP contribution < -0.4 is 10.6 Å². The minimum Gasteiger partial charge on any atom is -0.355 e. The van der Waals surface area contributed by atoms with Crippen molar-refractivity contribution in [3.63, 3.8) is 0 Å². The Balaban J connectivity index is 0.00000208. The maximum absolute atomic E-state index is 13.2. The lowest BCUT2D eigenvalue weighted by molar-refractivity contribution is -0.121. The Kier molecular flexibility index (Phi) is 7.05. The molecule has 0 bridgehead atoms. The molecule has 3 nitrogen and oxygen atoms in total. The number of hydrogen-bond acceptors (Lipinski definition) is 2. The number of halogens is 2. The molecule has 1 heterocycles. The van der Waals surface area contributed by atoms with E-state index >= 15 is 0 Å². The van der Waals surface area contributed by atoms with Crippen LogP contribution in [0.15, 0.2) is 24.3 Å². The minimum atomic E-state index is -0.198. The van der Waals surface area contributed by atoms with Gasteiger partial charge in [-0.3, -0.25) is 4.79 Å². The van der Waals surface area contributed by atoms with Crippen molar-refractivity contribution in [3.05, 3.63) is 35.6 Å². The van der Waals surface area contributed by atoms with Crippen LogP contribution in [0, 0.1) is 11.7 Å². The molecule has 1 aromatic rings. The first-order valence-corrected chi connectivity index (χ1v) is 8.91. The zero-order valence-electron chi connectivity index (χ0n) is 14.2. The van der Waals surface area contributed by atoms with Gasteiger partial charge in [-0.25, -0.2) is 4.39 Å². The highest BCUT2D eigenvalue weighted by molar-refractivity contribution is 5.85. The van der Waals surface area contributed by atoms with Crippen LogP contribution in [-0.4, -0.2) is 25.5 Å². The molecule has 1 saturated carbocycles. The van der Waals surface area contributed by atoms with Crippen molar-refractivity contribution in [1.29, 1.82) is 0 Å².